The Kier molecular flexibility index (Phi) is 7.07. The Morgan fingerprint density at radius 3 is 1.05 bits per heavy atom. The molecule has 0 aliphatic carbocycles. The molecule has 206 valence electrons. The summed E-state index contributed by atoms with van der Waals surface area (Å²) in [5.74, 6) is -4.05. The van der Waals surface area contributed by atoms with Crippen molar-refractivity contribution in [2.45, 2.75) is 24.7 Å². The van der Waals surface area contributed by atoms with E-state index in [4.69, 9.17) is 20.9 Å². The summed E-state index contributed by atoms with van der Waals surface area (Å²) in [5, 5.41) is 0. The molecule has 3 aromatic rings. The van der Waals surface area contributed by atoms with Crippen molar-refractivity contribution in [2.24, 2.45) is 0 Å². The third kappa shape index (κ3) is 6.28. The smallest absolute Gasteiger partial charge is 0.420 e. The van der Waals surface area contributed by atoms with Gasteiger partial charge in [-0.15, -0.1) is 0 Å². The molecular weight excluding hydrogens is 552 g/mol. The molecule has 3 aromatic carbocycles. The van der Waals surface area contributed by atoms with E-state index in [0.29, 0.717) is 6.07 Å². The molecule has 3 rings (SSSR count). The monoisotopic (exact) mass is 564 g/mol. The van der Waals surface area contributed by atoms with E-state index in [0.717, 1.165) is 18.2 Å². The lowest BCUT2D eigenvalue weighted by Crippen LogP contribution is -2.14. The number of halogens is 12. The van der Waals surface area contributed by atoms with Crippen LogP contribution in [0.3, 0.4) is 0 Å². The number of hydrogen-bond donors (Lipinski definition) is 2. The minimum Gasteiger partial charge on any atom is -0.457 e. The molecule has 0 atom stereocenters. The number of ether oxygens (including phenoxy) is 2. The van der Waals surface area contributed by atoms with Crippen molar-refractivity contribution in [3.8, 4) is 23.0 Å². The van der Waals surface area contributed by atoms with Gasteiger partial charge >= 0.3 is 24.7 Å². The topological polar surface area (TPSA) is 70.5 Å². The van der Waals surface area contributed by atoms with Crippen LogP contribution in [-0.2, 0) is 24.7 Å². The second-order valence-electron chi connectivity index (χ2n) is 7.54. The summed E-state index contributed by atoms with van der Waals surface area (Å²) >= 11 is 0. The molecule has 0 unspecified atom stereocenters. The van der Waals surface area contributed by atoms with E-state index in [1.54, 1.807) is 0 Å². The highest BCUT2D eigenvalue weighted by atomic mass is 19.4. The highest BCUT2D eigenvalue weighted by molar-refractivity contribution is 5.59. The summed E-state index contributed by atoms with van der Waals surface area (Å²) in [6.45, 7) is 0. The van der Waals surface area contributed by atoms with Gasteiger partial charge in [-0.3, -0.25) is 0 Å². The summed E-state index contributed by atoms with van der Waals surface area (Å²) in [6.07, 6.45) is -20.8. The fraction of sp³-hybridized carbons (Fsp3) is 0.182. The largest absolute Gasteiger partial charge is 0.457 e. The zero-order chi connectivity index (χ0) is 28.8. The lowest BCUT2D eigenvalue weighted by Gasteiger charge is -2.19. The Morgan fingerprint density at radius 1 is 0.447 bits per heavy atom. The van der Waals surface area contributed by atoms with E-state index < -0.39 is 81.3 Å². The highest BCUT2D eigenvalue weighted by Gasteiger charge is 2.41. The van der Waals surface area contributed by atoms with E-state index in [1.165, 1.54) is 0 Å². The molecule has 0 spiro atoms. The Balaban J connectivity index is 2.07. The van der Waals surface area contributed by atoms with Crippen LogP contribution in [0.1, 0.15) is 22.3 Å². The molecule has 0 saturated carbocycles. The van der Waals surface area contributed by atoms with Crippen molar-refractivity contribution in [3.05, 3.63) is 70.8 Å². The van der Waals surface area contributed by atoms with E-state index in [-0.39, 0.29) is 24.3 Å². The second-order valence-corrected chi connectivity index (χ2v) is 7.54. The predicted molar refractivity (Wildman–Crippen MR) is 108 cm³/mol. The minimum atomic E-state index is -5.23. The van der Waals surface area contributed by atoms with E-state index in [9.17, 15) is 52.7 Å². The van der Waals surface area contributed by atoms with Crippen LogP contribution in [0.15, 0.2) is 48.5 Å². The van der Waals surface area contributed by atoms with Crippen molar-refractivity contribution in [1.82, 2.24) is 0 Å². The van der Waals surface area contributed by atoms with Gasteiger partial charge in [0.25, 0.3) is 0 Å². The second kappa shape index (κ2) is 9.40. The molecule has 0 bridgehead atoms. The summed E-state index contributed by atoms with van der Waals surface area (Å²) < 4.78 is 169. The van der Waals surface area contributed by atoms with Crippen LogP contribution < -0.4 is 20.9 Å². The number of nitrogen functional groups attached to an aromatic ring is 2. The third-order valence-electron chi connectivity index (χ3n) is 4.79. The first-order valence-corrected chi connectivity index (χ1v) is 9.79. The van der Waals surface area contributed by atoms with Crippen LogP contribution in [0.25, 0.3) is 0 Å². The zero-order valence-corrected chi connectivity index (χ0v) is 18.1. The standard InChI is InChI=1S/C22H12F12N2O2/c23-19(24,25)11-7-17(13(5-15(11)35)21(29,30)31)37-9-2-1-3-10(4-9)38-18-8-12(20(26,27)28)16(36)6-14(18)22(32,33)34/h1-8H,35-36H2. The molecule has 0 fully saturated rings. The molecule has 0 saturated heterocycles. The molecule has 4 nitrogen and oxygen atoms in total. The maximum absolute atomic E-state index is 13.4. The molecule has 0 aliphatic heterocycles. The van der Waals surface area contributed by atoms with Crippen molar-refractivity contribution in [2.75, 3.05) is 11.5 Å². The van der Waals surface area contributed by atoms with Gasteiger partial charge in [0, 0.05) is 17.4 Å². The first-order chi connectivity index (χ1) is 17.2. The SMILES string of the molecule is Nc1cc(C(F)(F)F)c(Oc2cccc(Oc3cc(C(F)(F)F)c(N)cc3C(F)(F)F)c2)cc1C(F)(F)F. The normalized spacial score (nSPS) is 12.9. The van der Waals surface area contributed by atoms with Gasteiger partial charge in [-0.2, -0.15) is 52.7 Å². The lowest BCUT2D eigenvalue weighted by atomic mass is 10.1. The van der Waals surface area contributed by atoms with Gasteiger partial charge in [0.05, 0.1) is 11.1 Å². The lowest BCUT2D eigenvalue weighted by molar-refractivity contribution is -0.141. The van der Waals surface area contributed by atoms with E-state index in [1.807, 2.05) is 0 Å². The maximum atomic E-state index is 13.4. The van der Waals surface area contributed by atoms with Crippen LogP contribution in [0.4, 0.5) is 64.1 Å². The Labute approximate surface area is 204 Å². The zero-order valence-electron chi connectivity index (χ0n) is 18.1. The van der Waals surface area contributed by atoms with Crippen molar-refractivity contribution < 1.29 is 62.2 Å². The molecule has 38 heavy (non-hydrogen) atoms. The number of nitrogens with two attached hydrogens (primary N) is 2. The number of hydrogen-bond acceptors (Lipinski definition) is 4. The Morgan fingerprint density at radius 2 is 0.763 bits per heavy atom. The highest BCUT2D eigenvalue weighted by Crippen LogP contribution is 2.46. The van der Waals surface area contributed by atoms with Crippen LogP contribution >= 0.6 is 0 Å². The number of rotatable bonds is 4. The quantitative estimate of drug-likeness (QED) is 0.246. The first kappa shape index (κ1) is 28.6. The molecule has 0 radical (unpaired) electrons. The summed E-state index contributed by atoms with van der Waals surface area (Å²) in [7, 11) is 0. The minimum absolute atomic E-state index is 0.0127. The predicted octanol–water partition coefficient (Wildman–Crippen LogP) is 8.51. The van der Waals surface area contributed by atoms with Gasteiger partial charge in [0.15, 0.2) is 0 Å². The van der Waals surface area contributed by atoms with Gasteiger partial charge in [-0.25, -0.2) is 0 Å². The molecule has 0 aromatic heterocycles. The van der Waals surface area contributed by atoms with E-state index >= 15 is 0 Å². The fourth-order valence-corrected chi connectivity index (χ4v) is 3.15. The maximum Gasteiger partial charge on any atom is 0.420 e. The van der Waals surface area contributed by atoms with Crippen LogP contribution in [-0.4, -0.2) is 0 Å². The van der Waals surface area contributed by atoms with Crippen LogP contribution in [0.2, 0.25) is 0 Å². The number of benzene rings is 3. The summed E-state index contributed by atoms with van der Waals surface area (Å²) in [6, 6.07) is 3.34. The van der Waals surface area contributed by atoms with Crippen LogP contribution in [0.5, 0.6) is 23.0 Å². The van der Waals surface area contributed by atoms with Crippen molar-refractivity contribution in [3.63, 3.8) is 0 Å². The summed E-state index contributed by atoms with van der Waals surface area (Å²) in [4.78, 5) is 0. The molecule has 0 heterocycles. The average molecular weight is 564 g/mol. The van der Waals surface area contributed by atoms with Crippen molar-refractivity contribution in [1.29, 1.82) is 0 Å². The fourth-order valence-electron chi connectivity index (χ4n) is 3.15. The van der Waals surface area contributed by atoms with Gasteiger partial charge in [0.1, 0.15) is 34.1 Å². The van der Waals surface area contributed by atoms with Gasteiger partial charge in [0.2, 0.25) is 0 Å². The van der Waals surface area contributed by atoms with E-state index in [2.05, 4.69) is 0 Å². The number of anilines is 2. The Bertz CT molecular complexity index is 1240. The summed E-state index contributed by atoms with van der Waals surface area (Å²) in [5.41, 5.74) is 0.963. The molecule has 0 amide bonds. The van der Waals surface area contributed by atoms with Gasteiger partial charge < -0.3 is 20.9 Å². The molecule has 4 N–H and O–H groups in total. The Hall–Kier alpha value is -3.98. The van der Waals surface area contributed by atoms with Gasteiger partial charge in [-0.05, 0) is 36.4 Å². The molecule has 16 heteroatoms. The third-order valence-corrected chi connectivity index (χ3v) is 4.79. The van der Waals surface area contributed by atoms with Crippen molar-refractivity contribution >= 4 is 11.4 Å². The van der Waals surface area contributed by atoms with Gasteiger partial charge in [-0.1, -0.05) is 6.07 Å². The molecular formula is C22H12F12N2O2. The molecule has 0 aliphatic rings. The number of alkyl halides is 12. The van der Waals surface area contributed by atoms with Crippen LogP contribution in [0, 0.1) is 0 Å². The average Bonchev–Trinajstić information content (AvgIpc) is 2.73. The first-order valence-electron chi connectivity index (χ1n) is 9.79.